The minimum Gasteiger partial charge on any atom is -0.490 e. The molecular formula is C35H29FN4O8S2. The number of amides is 3. The maximum absolute atomic E-state index is 14.0. The van der Waals surface area contributed by atoms with Crippen molar-refractivity contribution in [2.24, 2.45) is 29.6 Å². The zero-order valence-corrected chi connectivity index (χ0v) is 28.0. The van der Waals surface area contributed by atoms with Crippen molar-refractivity contribution in [3.8, 4) is 11.5 Å². The van der Waals surface area contributed by atoms with Gasteiger partial charge in [-0.15, -0.1) is 11.8 Å². The largest absolute Gasteiger partial charge is 0.490 e. The van der Waals surface area contributed by atoms with E-state index in [4.69, 9.17) is 9.47 Å². The Kier molecular flexibility index (Phi) is 7.98. The van der Waals surface area contributed by atoms with Crippen molar-refractivity contribution in [2.75, 3.05) is 23.4 Å². The molecule has 50 heavy (non-hydrogen) atoms. The van der Waals surface area contributed by atoms with Crippen molar-refractivity contribution >= 4 is 57.9 Å². The SMILES string of the molecule is CCOc1cc([C@@H]2c3sc(=O)[nH]c3S[C@@H]3[C@@H]4C[C@@H]([C@@H]5C(=O)N(c6ccc([N+](=O)[O-])cc6)C(=O)[C@@H]45)[C@H]23)ccc1OCC(=O)Nc1ccc(F)cc1. The molecule has 4 aromatic rings. The normalized spacial score (nSPS) is 26.0. The number of H-pyrrole nitrogens is 1. The highest BCUT2D eigenvalue weighted by molar-refractivity contribution is 8.00. The van der Waals surface area contributed by atoms with E-state index in [0.29, 0.717) is 35.9 Å². The van der Waals surface area contributed by atoms with Crippen LogP contribution in [-0.4, -0.2) is 46.1 Å². The molecule has 7 atom stereocenters. The summed E-state index contributed by atoms with van der Waals surface area (Å²) in [5, 5.41) is 14.6. The zero-order chi connectivity index (χ0) is 34.8. The highest BCUT2D eigenvalue weighted by Gasteiger charge is 2.69. The lowest BCUT2D eigenvalue weighted by atomic mass is 9.68. The Morgan fingerprint density at radius 2 is 1.72 bits per heavy atom. The number of rotatable bonds is 9. The molecule has 2 saturated carbocycles. The number of thioether (sulfide) groups is 1. The molecular weight excluding hydrogens is 688 g/mol. The first kappa shape index (κ1) is 32.2. The second kappa shape index (κ2) is 12.4. The number of aromatic nitrogens is 1. The number of halogens is 1. The molecule has 1 aromatic heterocycles. The van der Waals surface area contributed by atoms with E-state index >= 15 is 0 Å². The van der Waals surface area contributed by atoms with E-state index in [2.05, 4.69) is 10.3 Å². The van der Waals surface area contributed by atoms with E-state index in [0.717, 1.165) is 26.8 Å². The second-order valence-corrected chi connectivity index (χ2v) is 14.9. The number of hydrogen-bond donors (Lipinski definition) is 2. The predicted molar refractivity (Wildman–Crippen MR) is 182 cm³/mol. The molecule has 0 unspecified atom stereocenters. The topological polar surface area (TPSA) is 161 Å². The lowest BCUT2D eigenvalue weighted by Gasteiger charge is -2.43. The number of anilines is 2. The third-order valence-corrected chi connectivity index (χ3v) is 12.7. The van der Waals surface area contributed by atoms with Crippen molar-refractivity contribution in [3.05, 3.63) is 103 Å². The number of non-ortho nitro benzene ring substituents is 1. The number of thiazole rings is 1. The maximum atomic E-state index is 14.0. The molecule has 0 spiro atoms. The third kappa shape index (κ3) is 5.26. The van der Waals surface area contributed by atoms with Crippen LogP contribution < -0.4 is 24.6 Å². The monoisotopic (exact) mass is 716 g/mol. The van der Waals surface area contributed by atoms with Crippen LogP contribution in [0, 0.1) is 45.5 Å². The van der Waals surface area contributed by atoms with Crippen LogP contribution in [0.1, 0.15) is 29.7 Å². The molecule has 2 aliphatic carbocycles. The van der Waals surface area contributed by atoms with Gasteiger partial charge in [0.1, 0.15) is 5.82 Å². The summed E-state index contributed by atoms with van der Waals surface area (Å²) in [5.41, 5.74) is 1.47. The Bertz CT molecular complexity index is 2100. The third-order valence-electron chi connectivity index (χ3n) is 10.2. The van der Waals surface area contributed by atoms with Gasteiger partial charge in [0.05, 0.1) is 34.1 Å². The molecule has 2 bridgehead atoms. The molecule has 0 radical (unpaired) electrons. The van der Waals surface area contributed by atoms with Gasteiger partial charge in [-0.3, -0.25) is 34.2 Å². The van der Waals surface area contributed by atoms with Crippen molar-refractivity contribution in [1.29, 1.82) is 0 Å². The fraction of sp³-hybridized carbons (Fsp3) is 0.314. The van der Waals surface area contributed by atoms with Gasteiger partial charge in [0, 0.05) is 33.9 Å². The van der Waals surface area contributed by atoms with E-state index in [1.165, 1.54) is 53.4 Å². The van der Waals surface area contributed by atoms with Crippen LogP contribution in [0.2, 0.25) is 0 Å². The van der Waals surface area contributed by atoms with E-state index in [1.54, 1.807) is 17.8 Å². The fourth-order valence-electron chi connectivity index (χ4n) is 8.35. The lowest BCUT2D eigenvalue weighted by molar-refractivity contribution is -0.384. The Labute approximate surface area is 292 Å². The number of ether oxygens (including phenoxy) is 2. The van der Waals surface area contributed by atoms with Gasteiger partial charge in [-0.2, -0.15) is 0 Å². The van der Waals surface area contributed by atoms with Gasteiger partial charge < -0.3 is 19.8 Å². The summed E-state index contributed by atoms with van der Waals surface area (Å²) in [6.45, 7) is 1.83. The summed E-state index contributed by atoms with van der Waals surface area (Å²) in [6.07, 6.45) is 0.696. The quantitative estimate of drug-likeness (QED) is 0.128. The number of nitro benzene ring substituents is 1. The van der Waals surface area contributed by atoms with Gasteiger partial charge in [-0.1, -0.05) is 17.4 Å². The highest BCUT2D eigenvalue weighted by Crippen LogP contribution is 2.68. The van der Waals surface area contributed by atoms with Gasteiger partial charge in [0.15, 0.2) is 18.1 Å². The van der Waals surface area contributed by atoms with Gasteiger partial charge in [-0.25, -0.2) is 4.39 Å². The number of carbonyl (C=O) groups excluding carboxylic acids is 3. The van der Waals surface area contributed by atoms with Crippen molar-refractivity contribution in [1.82, 2.24) is 4.98 Å². The molecule has 3 aromatic carbocycles. The molecule has 256 valence electrons. The number of carbonyl (C=O) groups is 3. The van der Waals surface area contributed by atoms with Gasteiger partial charge in [-0.05, 0) is 85.2 Å². The van der Waals surface area contributed by atoms with Crippen LogP contribution in [0.4, 0.5) is 21.5 Å². The molecule has 12 nitrogen and oxygen atoms in total. The van der Waals surface area contributed by atoms with Crippen LogP contribution in [0.25, 0.3) is 0 Å². The Morgan fingerprint density at radius 3 is 2.42 bits per heavy atom. The molecule has 15 heteroatoms. The summed E-state index contributed by atoms with van der Waals surface area (Å²) in [6, 6.07) is 16.3. The first-order valence-electron chi connectivity index (χ1n) is 16.1. The average molecular weight is 717 g/mol. The van der Waals surface area contributed by atoms with Crippen molar-refractivity contribution in [2.45, 2.75) is 29.5 Å². The van der Waals surface area contributed by atoms with Crippen LogP contribution in [0.3, 0.4) is 0 Å². The van der Waals surface area contributed by atoms with Crippen LogP contribution in [0.5, 0.6) is 11.5 Å². The highest BCUT2D eigenvalue weighted by atomic mass is 32.2. The number of imide groups is 1. The van der Waals surface area contributed by atoms with Gasteiger partial charge >= 0.3 is 4.87 Å². The molecule has 3 fully saturated rings. The number of nitrogens with zero attached hydrogens (tertiary/aromatic N) is 2. The zero-order valence-electron chi connectivity index (χ0n) is 26.4. The van der Waals surface area contributed by atoms with E-state index in [1.807, 2.05) is 19.1 Å². The van der Waals surface area contributed by atoms with Crippen molar-refractivity contribution < 1.29 is 33.2 Å². The molecule has 3 heterocycles. The van der Waals surface area contributed by atoms with Crippen LogP contribution in [-0.2, 0) is 14.4 Å². The number of hydrogen-bond acceptors (Lipinski definition) is 10. The first-order valence-corrected chi connectivity index (χ1v) is 17.8. The molecule has 4 aliphatic rings. The summed E-state index contributed by atoms with van der Waals surface area (Å²) < 4.78 is 25.1. The van der Waals surface area contributed by atoms with Crippen LogP contribution in [0.15, 0.2) is 76.6 Å². The summed E-state index contributed by atoms with van der Waals surface area (Å²) in [7, 11) is 0. The predicted octanol–water partition coefficient (Wildman–Crippen LogP) is 5.58. The fourth-order valence-corrected chi connectivity index (χ4v) is 11.2. The molecule has 2 N–H and O–H groups in total. The van der Waals surface area contributed by atoms with Gasteiger partial charge in [0.2, 0.25) is 11.8 Å². The summed E-state index contributed by atoms with van der Waals surface area (Å²) in [5.74, 6) is -2.33. The van der Waals surface area contributed by atoms with E-state index in [9.17, 15) is 33.7 Å². The number of nitrogens with one attached hydrogen (secondary N) is 2. The van der Waals surface area contributed by atoms with Crippen molar-refractivity contribution in [3.63, 3.8) is 0 Å². The molecule has 2 aliphatic heterocycles. The summed E-state index contributed by atoms with van der Waals surface area (Å²) in [4.78, 5) is 68.8. The number of aromatic amines is 1. The number of fused-ring (bicyclic) bond motifs is 9. The Hall–Kier alpha value is -5.02. The number of benzene rings is 3. The first-order chi connectivity index (χ1) is 24.1. The Balaban J connectivity index is 1.09. The maximum Gasteiger partial charge on any atom is 0.305 e. The molecule has 3 amide bonds. The smallest absolute Gasteiger partial charge is 0.305 e. The molecule has 8 rings (SSSR count). The average Bonchev–Trinajstić information content (AvgIpc) is 3.84. The molecule has 1 saturated heterocycles. The number of nitro groups is 1. The second-order valence-electron chi connectivity index (χ2n) is 12.7. The van der Waals surface area contributed by atoms with Crippen LogP contribution >= 0.6 is 23.1 Å². The summed E-state index contributed by atoms with van der Waals surface area (Å²) >= 11 is 2.71. The lowest BCUT2D eigenvalue weighted by Crippen LogP contribution is -2.42. The van der Waals surface area contributed by atoms with E-state index in [-0.39, 0.29) is 57.9 Å². The van der Waals surface area contributed by atoms with Gasteiger partial charge in [0.25, 0.3) is 11.6 Å². The standard InChI is InChI=1S/C35H29FN4O8S2/c1-2-47-24-13-16(3-12-23(24)48-15-25(41)37-18-6-4-17(36)5-7-18)26-27-21-14-22(30(27)49-32-31(26)50-35(44)38-32)29-28(21)33(42)39(34(29)43)19-8-10-20(11-9-19)40(45)46/h3-13,21-22,26-30H,2,14-15H2,1H3,(H,37,41)(H,38,44)/t21-,22-,26+,27-,28+,29+,30-/m1/s1. The van der Waals surface area contributed by atoms with E-state index < -0.39 is 28.5 Å². The Morgan fingerprint density at radius 1 is 1.00 bits per heavy atom. The minimum absolute atomic E-state index is 0.0424. The minimum atomic E-state index is -0.544.